The molecular weight excluding hydrogens is 263 g/mol. The fourth-order valence-corrected chi connectivity index (χ4v) is 2.53. The first-order valence-corrected chi connectivity index (χ1v) is 8.31. The molecular formula is C18H31FN2. The zero-order valence-corrected chi connectivity index (χ0v) is 14.2. The van der Waals surface area contributed by atoms with Crippen molar-refractivity contribution < 1.29 is 4.39 Å². The average molecular weight is 294 g/mol. The summed E-state index contributed by atoms with van der Waals surface area (Å²) in [5.74, 6) is 0.486. The van der Waals surface area contributed by atoms with Crippen molar-refractivity contribution in [2.24, 2.45) is 5.92 Å². The van der Waals surface area contributed by atoms with Gasteiger partial charge in [0, 0.05) is 24.8 Å². The third kappa shape index (κ3) is 5.31. The van der Waals surface area contributed by atoms with Gasteiger partial charge in [-0.2, -0.15) is 0 Å². The number of halogens is 1. The van der Waals surface area contributed by atoms with Crippen molar-refractivity contribution in [2.75, 3.05) is 24.5 Å². The molecule has 0 aliphatic rings. The van der Waals surface area contributed by atoms with E-state index >= 15 is 0 Å². The Morgan fingerprint density at radius 1 is 1.19 bits per heavy atom. The van der Waals surface area contributed by atoms with Gasteiger partial charge in [-0.1, -0.05) is 27.2 Å². The minimum Gasteiger partial charge on any atom is -0.371 e. The third-order valence-electron chi connectivity index (χ3n) is 4.11. The minimum absolute atomic E-state index is 0.154. The summed E-state index contributed by atoms with van der Waals surface area (Å²) >= 11 is 0. The third-order valence-corrected chi connectivity index (χ3v) is 4.11. The molecule has 0 spiro atoms. The normalized spacial score (nSPS) is 14.0. The maximum absolute atomic E-state index is 13.7. The molecule has 0 heterocycles. The largest absolute Gasteiger partial charge is 0.371 e. The second-order valence-electron chi connectivity index (χ2n) is 5.93. The molecule has 1 N–H and O–H groups in total. The van der Waals surface area contributed by atoms with Crippen molar-refractivity contribution >= 4 is 5.69 Å². The summed E-state index contributed by atoms with van der Waals surface area (Å²) in [6.45, 7) is 13.8. The Bertz CT molecular complexity index is 420. The fourth-order valence-electron chi connectivity index (χ4n) is 2.53. The van der Waals surface area contributed by atoms with E-state index < -0.39 is 0 Å². The van der Waals surface area contributed by atoms with Crippen LogP contribution in [0.1, 0.15) is 59.1 Å². The van der Waals surface area contributed by atoms with Gasteiger partial charge in [0.2, 0.25) is 0 Å². The Kier molecular flexibility index (Phi) is 7.73. The highest BCUT2D eigenvalue weighted by atomic mass is 19.1. The van der Waals surface area contributed by atoms with Crippen molar-refractivity contribution in [1.29, 1.82) is 0 Å². The monoisotopic (exact) mass is 294 g/mol. The van der Waals surface area contributed by atoms with Crippen LogP contribution in [0.2, 0.25) is 0 Å². The standard InChI is InChI=1S/C18H31FN2/c1-6-11-20-15(5)17-12-16(19)9-10-18(17)21(8-3)13-14(4)7-2/h9-10,12,14-15,20H,6-8,11,13H2,1-5H3. The number of benzene rings is 1. The minimum atomic E-state index is -0.154. The molecule has 0 saturated carbocycles. The van der Waals surface area contributed by atoms with Crippen molar-refractivity contribution in [3.05, 3.63) is 29.6 Å². The van der Waals surface area contributed by atoms with Crippen LogP contribution in [0, 0.1) is 11.7 Å². The highest BCUT2D eigenvalue weighted by molar-refractivity contribution is 5.55. The van der Waals surface area contributed by atoms with Crippen LogP contribution in [0.5, 0.6) is 0 Å². The Morgan fingerprint density at radius 2 is 1.90 bits per heavy atom. The molecule has 1 aromatic carbocycles. The fraction of sp³-hybridized carbons (Fsp3) is 0.667. The number of rotatable bonds is 9. The van der Waals surface area contributed by atoms with Gasteiger partial charge in [-0.05, 0) is 56.5 Å². The van der Waals surface area contributed by atoms with Gasteiger partial charge in [-0.15, -0.1) is 0 Å². The van der Waals surface area contributed by atoms with Gasteiger partial charge in [0.1, 0.15) is 5.82 Å². The topological polar surface area (TPSA) is 15.3 Å². The van der Waals surface area contributed by atoms with Crippen LogP contribution in [-0.2, 0) is 0 Å². The summed E-state index contributed by atoms with van der Waals surface area (Å²) in [6, 6.07) is 5.36. The van der Waals surface area contributed by atoms with Crippen LogP contribution in [0.3, 0.4) is 0 Å². The van der Waals surface area contributed by atoms with Crippen molar-refractivity contribution in [1.82, 2.24) is 5.32 Å². The lowest BCUT2D eigenvalue weighted by Gasteiger charge is -2.30. The SMILES string of the molecule is CCCNC(C)c1cc(F)ccc1N(CC)CC(C)CC. The zero-order valence-electron chi connectivity index (χ0n) is 14.2. The molecule has 21 heavy (non-hydrogen) atoms. The van der Waals surface area contributed by atoms with E-state index in [1.165, 1.54) is 0 Å². The number of hydrogen-bond donors (Lipinski definition) is 1. The van der Waals surface area contributed by atoms with Crippen LogP contribution in [0.15, 0.2) is 18.2 Å². The molecule has 0 radical (unpaired) electrons. The second kappa shape index (κ2) is 9.04. The molecule has 1 aromatic rings. The molecule has 2 unspecified atom stereocenters. The van der Waals surface area contributed by atoms with E-state index in [1.54, 1.807) is 12.1 Å². The maximum Gasteiger partial charge on any atom is 0.123 e. The Labute approximate surface area is 129 Å². The Morgan fingerprint density at radius 3 is 2.48 bits per heavy atom. The smallest absolute Gasteiger partial charge is 0.123 e. The average Bonchev–Trinajstić information content (AvgIpc) is 2.50. The first kappa shape index (κ1) is 18.0. The quantitative estimate of drug-likeness (QED) is 0.706. The summed E-state index contributed by atoms with van der Waals surface area (Å²) in [5.41, 5.74) is 2.23. The van der Waals surface area contributed by atoms with Crippen LogP contribution in [0.4, 0.5) is 10.1 Å². The summed E-state index contributed by atoms with van der Waals surface area (Å²) < 4.78 is 13.7. The molecule has 1 rings (SSSR count). The molecule has 120 valence electrons. The number of nitrogens with one attached hydrogen (secondary N) is 1. The number of nitrogens with zero attached hydrogens (tertiary/aromatic N) is 1. The lowest BCUT2D eigenvalue weighted by molar-refractivity contribution is 0.536. The number of anilines is 1. The van der Waals surface area contributed by atoms with Crippen molar-refractivity contribution in [3.63, 3.8) is 0 Å². The van der Waals surface area contributed by atoms with Gasteiger partial charge >= 0.3 is 0 Å². The lowest BCUT2D eigenvalue weighted by atomic mass is 10.0. The van der Waals surface area contributed by atoms with Crippen molar-refractivity contribution in [2.45, 2.75) is 53.5 Å². The molecule has 0 aromatic heterocycles. The van der Waals surface area contributed by atoms with E-state index in [0.717, 1.165) is 43.7 Å². The molecule has 0 aliphatic heterocycles. The van der Waals surface area contributed by atoms with E-state index in [9.17, 15) is 4.39 Å². The molecule has 0 saturated heterocycles. The highest BCUT2D eigenvalue weighted by Crippen LogP contribution is 2.28. The summed E-state index contributed by atoms with van der Waals surface area (Å²) in [6.07, 6.45) is 2.25. The molecule has 2 atom stereocenters. The predicted octanol–water partition coefficient (Wildman–Crippen LogP) is 4.76. The Hall–Kier alpha value is -1.09. The van der Waals surface area contributed by atoms with Gasteiger partial charge in [0.05, 0.1) is 0 Å². The summed E-state index contributed by atoms with van der Waals surface area (Å²) in [7, 11) is 0. The molecule has 0 bridgehead atoms. The van der Waals surface area contributed by atoms with E-state index in [1.807, 2.05) is 6.07 Å². The first-order chi connectivity index (χ1) is 10.0. The molecule has 3 heteroatoms. The van der Waals surface area contributed by atoms with Crippen LogP contribution < -0.4 is 10.2 Å². The molecule has 0 amide bonds. The predicted molar refractivity (Wildman–Crippen MR) is 90.5 cm³/mol. The Balaban J connectivity index is 3.03. The second-order valence-corrected chi connectivity index (χ2v) is 5.93. The highest BCUT2D eigenvalue weighted by Gasteiger charge is 2.17. The molecule has 0 aliphatic carbocycles. The van der Waals surface area contributed by atoms with Gasteiger partial charge in [-0.25, -0.2) is 4.39 Å². The van der Waals surface area contributed by atoms with E-state index in [-0.39, 0.29) is 11.9 Å². The zero-order chi connectivity index (χ0) is 15.8. The number of hydrogen-bond acceptors (Lipinski definition) is 2. The van der Waals surface area contributed by atoms with Gasteiger partial charge in [0.25, 0.3) is 0 Å². The van der Waals surface area contributed by atoms with Crippen LogP contribution in [0.25, 0.3) is 0 Å². The molecule has 2 nitrogen and oxygen atoms in total. The van der Waals surface area contributed by atoms with Gasteiger partial charge in [0.15, 0.2) is 0 Å². The van der Waals surface area contributed by atoms with E-state index in [4.69, 9.17) is 0 Å². The van der Waals surface area contributed by atoms with Crippen LogP contribution in [-0.4, -0.2) is 19.6 Å². The summed E-state index contributed by atoms with van der Waals surface area (Å²) in [4.78, 5) is 2.37. The van der Waals surface area contributed by atoms with Crippen molar-refractivity contribution in [3.8, 4) is 0 Å². The van der Waals surface area contributed by atoms with Crippen LogP contribution >= 0.6 is 0 Å². The van der Waals surface area contributed by atoms with Gasteiger partial charge in [-0.3, -0.25) is 0 Å². The summed E-state index contributed by atoms with van der Waals surface area (Å²) in [5, 5.41) is 3.47. The maximum atomic E-state index is 13.7. The molecule has 0 fully saturated rings. The first-order valence-electron chi connectivity index (χ1n) is 8.31. The van der Waals surface area contributed by atoms with E-state index in [0.29, 0.717) is 5.92 Å². The van der Waals surface area contributed by atoms with E-state index in [2.05, 4.69) is 44.8 Å². The lowest BCUT2D eigenvalue weighted by Crippen LogP contribution is -2.30. The van der Waals surface area contributed by atoms with Gasteiger partial charge < -0.3 is 10.2 Å².